The van der Waals surface area contributed by atoms with Gasteiger partial charge in [-0.25, -0.2) is 0 Å². The molecule has 0 aliphatic heterocycles. The summed E-state index contributed by atoms with van der Waals surface area (Å²) in [7, 11) is 4.34. The summed E-state index contributed by atoms with van der Waals surface area (Å²) in [5.41, 5.74) is 1.96. The maximum Gasteiger partial charge on any atom is 0.0466 e. The molecule has 112 valence electrons. The van der Waals surface area contributed by atoms with Gasteiger partial charge in [0.25, 0.3) is 0 Å². The fraction of sp³-hybridized carbons (Fsp3) is 0.667. The molecule has 1 aliphatic carbocycles. The Morgan fingerprint density at radius 3 is 2.30 bits per heavy atom. The van der Waals surface area contributed by atoms with Gasteiger partial charge in [-0.2, -0.15) is 0 Å². The highest BCUT2D eigenvalue weighted by molar-refractivity contribution is 5.19. The van der Waals surface area contributed by atoms with E-state index in [1.54, 1.807) is 0 Å². The van der Waals surface area contributed by atoms with Gasteiger partial charge >= 0.3 is 0 Å². The van der Waals surface area contributed by atoms with Gasteiger partial charge in [0.05, 0.1) is 0 Å². The van der Waals surface area contributed by atoms with Gasteiger partial charge < -0.3 is 10.2 Å². The topological polar surface area (TPSA) is 15.3 Å². The highest BCUT2D eigenvalue weighted by Gasteiger charge is 2.27. The van der Waals surface area contributed by atoms with Crippen molar-refractivity contribution >= 4 is 0 Å². The Kier molecular flexibility index (Phi) is 5.22. The summed E-state index contributed by atoms with van der Waals surface area (Å²) < 4.78 is 0. The van der Waals surface area contributed by atoms with Crippen LogP contribution >= 0.6 is 0 Å². The minimum atomic E-state index is 0.464. The molecule has 1 aromatic carbocycles. The average molecular weight is 274 g/mol. The van der Waals surface area contributed by atoms with Crippen molar-refractivity contribution in [1.82, 2.24) is 10.2 Å². The zero-order chi connectivity index (χ0) is 14.6. The molecule has 1 fully saturated rings. The van der Waals surface area contributed by atoms with Crippen molar-refractivity contribution in [3.63, 3.8) is 0 Å². The first-order valence-corrected chi connectivity index (χ1v) is 7.93. The van der Waals surface area contributed by atoms with Gasteiger partial charge in [-0.15, -0.1) is 0 Å². The van der Waals surface area contributed by atoms with Gasteiger partial charge in [0.2, 0.25) is 0 Å². The summed E-state index contributed by atoms with van der Waals surface area (Å²) in [6.07, 6.45) is 5.34. The molecule has 1 aromatic rings. The number of hydrogen-bond donors (Lipinski definition) is 1. The van der Waals surface area contributed by atoms with Gasteiger partial charge in [0.15, 0.2) is 0 Å². The molecule has 0 spiro atoms. The number of rotatable bonds is 5. The van der Waals surface area contributed by atoms with Crippen molar-refractivity contribution < 1.29 is 0 Å². The molecule has 1 unspecified atom stereocenters. The maximum absolute atomic E-state index is 3.80. The Balaban J connectivity index is 1.88. The van der Waals surface area contributed by atoms with Gasteiger partial charge in [0.1, 0.15) is 0 Å². The number of nitrogens with zero attached hydrogens (tertiary/aromatic N) is 1. The van der Waals surface area contributed by atoms with Gasteiger partial charge in [-0.3, -0.25) is 0 Å². The second-order valence-corrected chi connectivity index (χ2v) is 7.24. The lowest BCUT2D eigenvalue weighted by Crippen LogP contribution is -2.40. The minimum Gasteiger partial charge on any atom is -0.312 e. The molecule has 20 heavy (non-hydrogen) atoms. The first-order chi connectivity index (χ1) is 9.48. The van der Waals surface area contributed by atoms with E-state index in [1.807, 2.05) is 0 Å². The van der Waals surface area contributed by atoms with Crippen LogP contribution < -0.4 is 5.32 Å². The van der Waals surface area contributed by atoms with E-state index < -0.39 is 0 Å². The molecule has 1 aliphatic rings. The molecular formula is C18H30N2. The van der Waals surface area contributed by atoms with Gasteiger partial charge in [0, 0.05) is 18.6 Å². The van der Waals surface area contributed by atoms with E-state index in [0.29, 0.717) is 17.5 Å². The zero-order valence-corrected chi connectivity index (χ0v) is 13.5. The molecule has 2 heteroatoms. The minimum absolute atomic E-state index is 0.464. The molecule has 0 heterocycles. The van der Waals surface area contributed by atoms with E-state index in [0.717, 1.165) is 6.54 Å². The van der Waals surface area contributed by atoms with Crippen LogP contribution in [0.3, 0.4) is 0 Å². The smallest absolute Gasteiger partial charge is 0.0466 e. The molecule has 0 amide bonds. The summed E-state index contributed by atoms with van der Waals surface area (Å²) in [6, 6.07) is 12.0. The van der Waals surface area contributed by atoms with Crippen LogP contribution in [0.15, 0.2) is 30.3 Å². The molecule has 1 saturated carbocycles. The van der Waals surface area contributed by atoms with E-state index in [4.69, 9.17) is 0 Å². The average Bonchev–Trinajstić information content (AvgIpc) is 2.41. The van der Waals surface area contributed by atoms with Crippen molar-refractivity contribution in [2.24, 2.45) is 5.41 Å². The van der Waals surface area contributed by atoms with Crippen LogP contribution in [0.25, 0.3) is 0 Å². The largest absolute Gasteiger partial charge is 0.312 e. The first-order valence-electron chi connectivity index (χ1n) is 7.93. The fourth-order valence-electron chi connectivity index (χ4n) is 3.16. The van der Waals surface area contributed by atoms with Crippen LogP contribution in [0.1, 0.15) is 51.1 Å². The van der Waals surface area contributed by atoms with Crippen LogP contribution in [-0.2, 0) is 0 Å². The molecular weight excluding hydrogens is 244 g/mol. The lowest BCUT2D eigenvalue weighted by Gasteiger charge is -2.36. The van der Waals surface area contributed by atoms with Crippen LogP contribution in [0.5, 0.6) is 0 Å². The lowest BCUT2D eigenvalue weighted by atomic mass is 9.75. The first kappa shape index (κ1) is 15.5. The predicted molar refractivity (Wildman–Crippen MR) is 86.9 cm³/mol. The number of likely N-dealkylation sites (N-methyl/N-ethyl adjacent to an activating group) is 1. The van der Waals surface area contributed by atoms with Gasteiger partial charge in [-0.05, 0) is 50.8 Å². The van der Waals surface area contributed by atoms with Crippen LogP contribution in [-0.4, -0.2) is 31.6 Å². The van der Waals surface area contributed by atoms with Crippen molar-refractivity contribution in [2.45, 2.75) is 51.6 Å². The number of nitrogens with one attached hydrogen (secondary N) is 1. The molecule has 0 saturated heterocycles. The van der Waals surface area contributed by atoms with Crippen LogP contribution in [0, 0.1) is 5.41 Å². The summed E-state index contributed by atoms with van der Waals surface area (Å²) in [5.74, 6) is 0. The van der Waals surface area contributed by atoms with Crippen molar-refractivity contribution in [3.8, 4) is 0 Å². The van der Waals surface area contributed by atoms with E-state index >= 15 is 0 Å². The van der Waals surface area contributed by atoms with Crippen LogP contribution in [0.4, 0.5) is 0 Å². The predicted octanol–water partition coefficient (Wildman–Crippen LogP) is 3.85. The Morgan fingerprint density at radius 1 is 1.15 bits per heavy atom. The highest BCUT2D eigenvalue weighted by atomic mass is 15.1. The Hall–Kier alpha value is -0.860. The van der Waals surface area contributed by atoms with E-state index in [1.165, 1.54) is 31.2 Å². The van der Waals surface area contributed by atoms with Gasteiger partial charge in [-0.1, -0.05) is 44.2 Å². The molecule has 2 nitrogen and oxygen atoms in total. The maximum atomic E-state index is 3.80. The Labute approximate surface area is 124 Å². The van der Waals surface area contributed by atoms with E-state index in [9.17, 15) is 0 Å². The molecule has 1 atom stereocenters. The second kappa shape index (κ2) is 6.73. The highest BCUT2D eigenvalue weighted by Crippen LogP contribution is 2.35. The van der Waals surface area contributed by atoms with Crippen LogP contribution in [0.2, 0.25) is 0 Å². The SMILES string of the molecule is CN(C)C(CNC1CCC(C)(C)CC1)c1ccccc1. The second-order valence-electron chi connectivity index (χ2n) is 7.24. The molecule has 0 radical (unpaired) electrons. The monoisotopic (exact) mass is 274 g/mol. The van der Waals surface area contributed by atoms with E-state index in [-0.39, 0.29) is 0 Å². The zero-order valence-electron chi connectivity index (χ0n) is 13.5. The Bertz CT molecular complexity index is 387. The Morgan fingerprint density at radius 2 is 1.75 bits per heavy atom. The number of hydrogen-bond acceptors (Lipinski definition) is 2. The molecule has 0 aromatic heterocycles. The fourth-order valence-corrected chi connectivity index (χ4v) is 3.16. The summed E-state index contributed by atoms with van der Waals surface area (Å²) in [5, 5.41) is 3.80. The summed E-state index contributed by atoms with van der Waals surface area (Å²) >= 11 is 0. The lowest BCUT2D eigenvalue weighted by molar-refractivity contribution is 0.194. The molecule has 0 bridgehead atoms. The summed E-state index contributed by atoms with van der Waals surface area (Å²) in [6.45, 7) is 5.84. The van der Waals surface area contributed by atoms with Crippen molar-refractivity contribution in [2.75, 3.05) is 20.6 Å². The molecule has 2 rings (SSSR count). The van der Waals surface area contributed by atoms with Crippen molar-refractivity contribution in [1.29, 1.82) is 0 Å². The third-order valence-corrected chi connectivity index (χ3v) is 4.75. The third-order valence-electron chi connectivity index (χ3n) is 4.75. The normalized spacial score (nSPS) is 21.1. The third kappa shape index (κ3) is 4.32. The number of benzene rings is 1. The molecule has 1 N–H and O–H groups in total. The van der Waals surface area contributed by atoms with E-state index in [2.05, 4.69) is 68.5 Å². The standard InChI is InChI=1S/C18H30N2/c1-18(2)12-10-16(11-13-18)19-14-17(20(3)4)15-8-6-5-7-9-15/h5-9,16-17,19H,10-14H2,1-4H3. The summed E-state index contributed by atoms with van der Waals surface area (Å²) in [4.78, 5) is 2.31. The van der Waals surface area contributed by atoms with Crippen molar-refractivity contribution in [3.05, 3.63) is 35.9 Å². The quantitative estimate of drug-likeness (QED) is 0.877.